The van der Waals surface area contributed by atoms with Gasteiger partial charge in [-0.1, -0.05) is 36.8 Å². The number of rotatable bonds is 5. The summed E-state index contributed by atoms with van der Waals surface area (Å²) in [5.74, 6) is 0. The molecule has 0 spiro atoms. The Morgan fingerprint density at radius 3 is 2.84 bits per heavy atom. The van der Waals surface area contributed by atoms with Gasteiger partial charge in [-0.05, 0) is 26.3 Å². The zero-order valence-corrected chi connectivity index (χ0v) is 15.0. The Labute approximate surface area is 149 Å². The average molecular weight is 341 g/mol. The number of aromatic nitrogens is 2. The number of amides is 2. The first-order valence-corrected chi connectivity index (χ1v) is 9.01. The summed E-state index contributed by atoms with van der Waals surface area (Å²) in [4.78, 5) is 14.7. The van der Waals surface area contributed by atoms with Crippen LogP contribution in [-0.4, -0.2) is 46.4 Å². The molecule has 2 N–H and O–H groups in total. The third kappa shape index (κ3) is 4.60. The predicted octanol–water partition coefficient (Wildman–Crippen LogP) is 3.08. The molecule has 1 aliphatic rings. The minimum Gasteiger partial charge on any atom is -0.337 e. The first-order valence-electron chi connectivity index (χ1n) is 9.01. The summed E-state index contributed by atoms with van der Waals surface area (Å²) in [6, 6.07) is 10.3. The van der Waals surface area contributed by atoms with Crippen molar-refractivity contribution in [1.82, 2.24) is 20.0 Å². The van der Waals surface area contributed by atoms with Crippen molar-refractivity contribution in [2.24, 2.45) is 7.05 Å². The van der Waals surface area contributed by atoms with E-state index in [1.54, 1.807) is 4.68 Å². The molecule has 0 bridgehead atoms. The van der Waals surface area contributed by atoms with Crippen molar-refractivity contribution in [2.75, 3.05) is 25.0 Å². The van der Waals surface area contributed by atoms with Gasteiger partial charge in [-0.25, -0.2) is 4.79 Å². The number of piperidine rings is 1. The molecule has 1 aromatic carbocycles. The maximum absolute atomic E-state index is 12.3. The van der Waals surface area contributed by atoms with Crippen LogP contribution in [0, 0.1) is 0 Å². The van der Waals surface area contributed by atoms with Crippen LogP contribution in [-0.2, 0) is 7.05 Å². The minimum atomic E-state index is -0.185. The molecule has 6 nitrogen and oxygen atoms in total. The number of nitrogens with one attached hydrogen (secondary N) is 2. The van der Waals surface area contributed by atoms with Gasteiger partial charge in [0, 0.05) is 37.9 Å². The highest BCUT2D eigenvalue weighted by molar-refractivity contribution is 5.93. The standard InChI is InChI=1S/C19H27N5O/c1-15-8-6-7-12-24(15)13-11-20-19(25)21-17-14-23(2)22-18(17)16-9-4-3-5-10-16/h3-5,9-10,14-15H,6-8,11-13H2,1-2H3,(H2,20,21,25)/t15-/m1/s1. The molecule has 0 radical (unpaired) electrons. The van der Waals surface area contributed by atoms with Gasteiger partial charge in [0.05, 0.1) is 5.69 Å². The number of benzene rings is 1. The van der Waals surface area contributed by atoms with Crippen LogP contribution in [0.1, 0.15) is 26.2 Å². The van der Waals surface area contributed by atoms with Crippen LogP contribution < -0.4 is 10.6 Å². The van der Waals surface area contributed by atoms with Crippen LogP contribution in [0.3, 0.4) is 0 Å². The van der Waals surface area contributed by atoms with Gasteiger partial charge >= 0.3 is 6.03 Å². The second-order valence-electron chi connectivity index (χ2n) is 6.69. The van der Waals surface area contributed by atoms with Gasteiger partial charge in [0.1, 0.15) is 5.69 Å². The molecular formula is C19H27N5O. The first-order chi connectivity index (χ1) is 12.1. The summed E-state index contributed by atoms with van der Waals surface area (Å²) < 4.78 is 1.72. The lowest BCUT2D eigenvalue weighted by Crippen LogP contribution is -2.43. The molecule has 0 aliphatic carbocycles. The SMILES string of the molecule is C[C@@H]1CCCCN1CCNC(=O)Nc1cn(C)nc1-c1ccccc1. The number of nitrogens with zero attached hydrogens (tertiary/aromatic N) is 3. The molecule has 2 amide bonds. The number of urea groups is 1. The molecule has 3 rings (SSSR count). The highest BCUT2D eigenvalue weighted by Crippen LogP contribution is 2.25. The predicted molar refractivity (Wildman–Crippen MR) is 101 cm³/mol. The largest absolute Gasteiger partial charge is 0.337 e. The summed E-state index contributed by atoms with van der Waals surface area (Å²) in [5.41, 5.74) is 2.49. The summed E-state index contributed by atoms with van der Waals surface area (Å²) >= 11 is 0. The molecule has 6 heteroatoms. The molecule has 2 heterocycles. The maximum atomic E-state index is 12.3. The topological polar surface area (TPSA) is 62.2 Å². The minimum absolute atomic E-state index is 0.185. The van der Waals surface area contributed by atoms with Gasteiger partial charge < -0.3 is 10.6 Å². The lowest BCUT2D eigenvalue weighted by atomic mass is 10.0. The molecule has 2 aromatic rings. The van der Waals surface area contributed by atoms with Gasteiger partial charge in [0.15, 0.2) is 0 Å². The van der Waals surface area contributed by atoms with E-state index in [1.807, 2.05) is 43.6 Å². The Bertz CT molecular complexity index is 697. The van der Waals surface area contributed by atoms with E-state index >= 15 is 0 Å². The summed E-state index contributed by atoms with van der Waals surface area (Å²) in [6.45, 7) is 4.94. The van der Waals surface area contributed by atoms with Gasteiger partial charge in [0.2, 0.25) is 0 Å². The first kappa shape index (κ1) is 17.5. The quantitative estimate of drug-likeness (QED) is 0.878. The summed E-state index contributed by atoms with van der Waals surface area (Å²) in [6.07, 6.45) is 5.65. The number of aryl methyl sites for hydroxylation is 1. The monoisotopic (exact) mass is 341 g/mol. The highest BCUT2D eigenvalue weighted by atomic mass is 16.2. The van der Waals surface area contributed by atoms with Crippen molar-refractivity contribution in [1.29, 1.82) is 0 Å². The van der Waals surface area contributed by atoms with Crippen molar-refractivity contribution in [3.8, 4) is 11.3 Å². The normalized spacial score (nSPS) is 18.1. The molecule has 134 valence electrons. The Morgan fingerprint density at radius 2 is 2.08 bits per heavy atom. The lowest BCUT2D eigenvalue weighted by Gasteiger charge is -2.33. The van der Waals surface area contributed by atoms with Crippen molar-refractivity contribution < 1.29 is 4.79 Å². The van der Waals surface area contributed by atoms with Crippen LogP contribution in [0.2, 0.25) is 0 Å². The molecule has 25 heavy (non-hydrogen) atoms. The fourth-order valence-electron chi connectivity index (χ4n) is 3.36. The van der Waals surface area contributed by atoms with Crippen LogP contribution in [0.4, 0.5) is 10.5 Å². The van der Waals surface area contributed by atoms with Crippen molar-refractivity contribution in [3.05, 3.63) is 36.5 Å². The average Bonchev–Trinajstić information content (AvgIpc) is 2.97. The van der Waals surface area contributed by atoms with Crippen LogP contribution in [0.25, 0.3) is 11.3 Å². The molecule has 1 saturated heterocycles. The van der Waals surface area contributed by atoms with Crippen LogP contribution in [0.5, 0.6) is 0 Å². The highest BCUT2D eigenvalue weighted by Gasteiger charge is 2.18. The molecule has 0 saturated carbocycles. The number of anilines is 1. The van der Waals surface area contributed by atoms with Crippen molar-refractivity contribution >= 4 is 11.7 Å². The number of carbonyl (C=O) groups excluding carboxylic acids is 1. The molecule has 1 fully saturated rings. The smallest absolute Gasteiger partial charge is 0.319 e. The van der Waals surface area contributed by atoms with Crippen molar-refractivity contribution in [3.63, 3.8) is 0 Å². The van der Waals surface area contributed by atoms with E-state index < -0.39 is 0 Å². The fourth-order valence-corrected chi connectivity index (χ4v) is 3.36. The van der Waals surface area contributed by atoms with E-state index in [-0.39, 0.29) is 6.03 Å². The third-order valence-corrected chi connectivity index (χ3v) is 4.75. The molecule has 1 aromatic heterocycles. The summed E-state index contributed by atoms with van der Waals surface area (Å²) in [5, 5.41) is 10.3. The Hall–Kier alpha value is -2.34. The van der Waals surface area contributed by atoms with E-state index in [9.17, 15) is 4.79 Å². The number of hydrogen-bond acceptors (Lipinski definition) is 3. The van der Waals surface area contributed by atoms with Crippen LogP contribution >= 0.6 is 0 Å². The maximum Gasteiger partial charge on any atom is 0.319 e. The molecule has 1 atom stereocenters. The number of hydrogen-bond donors (Lipinski definition) is 2. The summed E-state index contributed by atoms with van der Waals surface area (Å²) in [7, 11) is 1.85. The van der Waals surface area contributed by atoms with E-state index in [4.69, 9.17) is 0 Å². The second-order valence-corrected chi connectivity index (χ2v) is 6.69. The van der Waals surface area contributed by atoms with E-state index in [0.29, 0.717) is 12.6 Å². The van der Waals surface area contributed by atoms with Gasteiger partial charge in [0.25, 0.3) is 0 Å². The fraction of sp³-hybridized carbons (Fsp3) is 0.474. The second kappa shape index (κ2) is 8.16. The zero-order valence-electron chi connectivity index (χ0n) is 15.0. The van der Waals surface area contributed by atoms with Crippen LogP contribution in [0.15, 0.2) is 36.5 Å². The van der Waals surface area contributed by atoms with Gasteiger partial charge in [-0.15, -0.1) is 0 Å². The Kier molecular flexibility index (Phi) is 5.71. The number of carbonyl (C=O) groups is 1. The van der Waals surface area contributed by atoms with Gasteiger partial charge in [-0.3, -0.25) is 9.58 Å². The van der Waals surface area contributed by atoms with Crippen molar-refractivity contribution in [2.45, 2.75) is 32.2 Å². The number of likely N-dealkylation sites (tertiary alicyclic amines) is 1. The lowest BCUT2D eigenvalue weighted by molar-refractivity contribution is 0.162. The van der Waals surface area contributed by atoms with E-state index in [0.717, 1.165) is 30.0 Å². The molecule has 0 unspecified atom stereocenters. The van der Waals surface area contributed by atoms with E-state index in [1.165, 1.54) is 19.3 Å². The third-order valence-electron chi connectivity index (χ3n) is 4.75. The van der Waals surface area contributed by atoms with E-state index in [2.05, 4.69) is 27.6 Å². The zero-order chi connectivity index (χ0) is 17.6. The van der Waals surface area contributed by atoms with Gasteiger partial charge in [-0.2, -0.15) is 5.10 Å². The Balaban J connectivity index is 1.55. The Morgan fingerprint density at radius 1 is 1.28 bits per heavy atom. The molecule has 1 aliphatic heterocycles. The molecular weight excluding hydrogens is 314 g/mol.